The van der Waals surface area contributed by atoms with Gasteiger partial charge in [0.05, 0.1) is 0 Å². The Morgan fingerprint density at radius 1 is 1.38 bits per heavy atom. The van der Waals surface area contributed by atoms with Crippen LogP contribution in [-0.4, -0.2) is 24.5 Å². The number of carboxylic acids is 1. The zero-order valence-electron chi connectivity index (χ0n) is 11.4. The van der Waals surface area contributed by atoms with Crippen molar-refractivity contribution in [3.8, 4) is 0 Å². The molecule has 0 radical (unpaired) electrons. The summed E-state index contributed by atoms with van der Waals surface area (Å²) in [7, 11) is -3.91. The fourth-order valence-corrected chi connectivity index (χ4v) is 4.79. The van der Waals surface area contributed by atoms with Crippen molar-refractivity contribution in [2.45, 2.75) is 24.8 Å². The lowest BCUT2D eigenvalue weighted by Gasteiger charge is -2.15. The zero-order chi connectivity index (χ0) is 15.6. The van der Waals surface area contributed by atoms with Gasteiger partial charge in [0.1, 0.15) is 9.77 Å². The van der Waals surface area contributed by atoms with Crippen LogP contribution < -0.4 is 4.72 Å². The van der Waals surface area contributed by atoms with Crippen LogP contribution >= 0.6 is 11.3 Å². The van der Waals surface area contributed by atoms with Crippen LogP contribution in [0, 0.1) is 6.92 Å². The predicted molar refractivity (Wildman–Crippen MR) is 79.0 cm³/mol. The average molecular weight is 326 g/mol. The van der Waals surface area contributed by atoms with Gasteiger partial charge in [-0.2, -0.15) is 0 Å². The van der Waals surface area contributed by atoms with Gasteiger partial charge in [0, 0.05) is 18.4 Å². The lowest BCUT2D eigenvalue weighted by molar-refractivity contribution is 0.0698. The van der Waals surface area contributed by atoms with Crippen molar-refractivity contribution < 1.29 is 18.3 Å². The molecule has 0 aliphatic heterocycles. The van der Waals surface area contributed by atoms with Crippen molar-refractivity contribution in [2.24, 2.45) is 0 Å². The Morgan fingerprint density at radius 2 is 2.00 bits per heavy atom. The second-order valence-electron chi connectivity index (χ2n) is 4.51. The average Bonchev–Trinajstić information content (AvgIpc) is 2.82. The molecule has 2 aromatic heterocycles. The molecule has 0 saturated carbocycles. The second kappa shape index (κ2) is 5.92. The molecule has 8 heteroatoms. The minimum absolute atomic E-state index is 0.166. The van der Waals surface area contributed by atoms with E-state index in [4.69, 9.17) is 5.11 Å². The number of carbonyl (C=O) groups is 1. The van der Waals surface area contributed by atoms with Crippen LogP contribution in [0.1, 0.15) is 33.8 Å². The molecule has 2 N–H and O–H groups in total. The molecular formula is C13H14N2O4S2. The SMILES string of the molecule is Cc1csc(C(=O)O)c1S(=O)(=O)N[C@H](C)c1ccncc1. The van der Waals surface area contributed by atoms with Gasteiger partial charge in [-0.15, -0.1) is 11.3 Å². The summed E-state index contributed by atoms with van der Waals surface area (Å²) in [5.41, 5.74) is 1.17. The van der Waals surface area contributed by atoms with Gasteiger partial charge in [-0.3, -0.25) is 4.98 Å². The lowest BCUT2D eigenvalue weighted by Crippen LogP contribution is -2.28. The molecule has 0 aliphatic rings. The molecule has 0 saturated heterocycles. The van der Waals surface area contributed by atoms with E-state index in [-0.39, 0.29) is 9.77 Å². The molecule has 0 bridgehead atoms. The zero-order valence-corrected chi connectivity index (χ0v) is 13.0. The first-order valence-corrected chi connectivity index (χ1v) is 8.43. The molecule has 0 spiro atoms. The minimum atomic E-state index is -3.91. The number of pyridine rings is 1. The van der Waals surface area contributed by atoms with Crippen molar-refractivity contribution in [3.63, 3.8) is 0 Å². The quantitative estimate of drug-likeness (QED) is 0.878. The number of sulfonamides is 1. The highest BCUT2D eigenvalue weighted by Gasteiger charge is 2.28. The molecule has 2 heterocycles. The number of rotatable bonds is 5. The van der Waals surface area contributed by atoms with Crippen molar-refractivity contribution in [2.75, 3.05) is 0 Å². The van der Waals surface area contributed by atoms with Gasteiger partial charge in [0.15, 0.2) is 0 Å². The van der Waals surface area contributed by atoms with Gasteiger partial charge in [0.2, 0.25) is 10.0 Å². The Bertz CT molecular complexity index is 754. The van der Waals surface area contributed by atoms with E-state index < -0.39 is 22.0 Å². The fraction of sp³-hybridized carbons (Fsp3) is 0.231. The number of carboxylic acid groups (broad SMARTS) is 1. The lowest BCUT2D eigenvalue weighted by atomic mass is 10.1. The summed E-state index contributed by atoms with van der Waals surface area (Å²) in [5, 5.41) is 10.6. The topological polar surface area (TPSA) is 96.4 Å². The van der Waals surface area contributed by atoms with E-state index in [1.54, 1.807) is 38.4 Å². The Morgan fingerprint density at radius 3 is 2.57 bits per heavy atom. The van der Waals surface area contributed by atoms with Crippen LogP contribution in [0.5, 0.6) is 0 Å². The first kappa shape index (κ1) is 15.6. The van der Waals surface area contributed by atoms with Crippen LogP contribution in [0.15, 0.2) is 34.8 Å². The maximum atomic E-state index is 12.4. The maximum Gasteiger partial charge on any atom is 0.347 e. The summed E-state index contributed by atoms with van der Waals surface area (Å²) in [6, 6.07) is 2.91. The monoisotopic (exact) mass is 326 g/mol. The number of aryl methyl sites for hydroxylation is 1. The van der Waals surface area contributed by atoms with E-state index in [1.807, 2.05) is 0 Å². The van der Waals surface area contributed by atoms with E-state index in [9.17, 15) is 13.2 Å². The number of nitrogens with zero attached hydrogens (tertiary/aromatic N) is 1. The van der Waals surface area contributed by atoms with Gasteiger partial charge in [-0.1, -0.05) is 0 Å². The molecule has 2 aromatic rings. The number of nitrogens with one attached hydrogen (secondary N) is 1. The van der Waals surface area contributed by atoms with Crippen LogP contribution in [0.3, 0.4) is 0 Å². The van der Waals surface area contributed by atoms with E-state index >= 15 is 0 Å². The summed E-state index contributed by atoms with van der Waals surface area (Å²) < 4.78 is 27.4. The van der Waals surface area contributed by atoms with E-state index in [0.29, 0.717) is 5.56 Å². The smallest absolute Gasteiger partial charge is 0.347 e. The minimum Gasteiger partial charge on any atom is -0.477 e. The molecule has 0 aliphatic carbocycles. The van der Waals surface area contributed by atoms with Gasteiger partial charge in [0.25, 0.3) is 0 Å². The Balaban J connectivity index is 2.36. The molecule has 0 amide bonds. The molecule has 0 aromatic carbocycles. The predicted octanol–water partition coefficient (Wildman–Crippen LogP) is 2.19. The van der Waals surface area contributed by atoms with Crippen LogP contribution in [0.2, 0.25) is 0 Å². The first-order valence-electron chi connectivity index (χ1n) is 6.06. The molecular weight excluding hydrogens is 312 g/mol. The second-order valence-corrected chi connectivity index (χ2v) is 7.04. The Labute approximate surface area is 126 Å². The highest BCUT2D eigenvalue weighted by Crippen LogP contribution is 2.28. The summed E-state index contributed by atoms with van der Waals surface area (Å²) in [6.45, 7) is 3.27. The van der Waals surface area contributed by atoms with Gasteiger partial charge in [-0.25, -0.2) is 17.9 Å². The van der Waals surface area contributed by atoms with Crippen molar-refractivity contribution in [1.82, 2.24) is 9.71 Å². The first-order chi connectivity index (χ1) is 9.83. The van der Waals surface area contributed by atoms with Crippen LogP contribution in [-0.2, 0) is 10.0 Å². The summed E-state index contributed by atoms with van der Waals surface area (Å²) in [4.78, 5) is 14.7. The third-order valence-corrected chi connectivity index (χ3v) is 5.86. The van der Waals surface area contributed by atoms with Crippen LogP contribution in [0.4, 0.5) is 0 Å². The van der Waals surface area contributed by atoms with Gasteiger partial charge >= 0.3 is 5.97 Å². The van der Waals surface area contributed by atoms with E-state index in [0.717, 1.165) is 16.9 Å². The van der Waals surface area contributed by atoms with Gasteiger partial charge < -0.3 is 5.11 Å². The molecule has 1 atom stereocenters. The van der Waals surface area contributed by atoms with Crippen molar-refractivity contribution >= 4 is 27.3 Å². The highest BCUT2D eigenvalue weighted by atomic mass is 32.2. The standard InChI is InChI=1S/C13H14N2O4S2/c1-8-7-20-11(13(16)17)12(8)21(18,19)15-9(2)10-3-5-14-6-4-10/h3-7,9,15H,1-2H3,(H,16,17)/t9-/m1/s1. The van der Waals surface area contributed by atoms with E-state index in [1.165, 1.54) is 5.38 Å². The molecule has 112 valence electrons. The Hall–Kier alpha value is -1.77. The fourth-order valence-electron chi connectivity index (χ4n) is 1.93. The third-order valence-electron chi connectivity index (χ3n) is 2.92. The van der Waals surface area contributed by atoms with Crippen molar-refractivity contribution in [3.05, 3.63) is 45.9 Å². The number of hydrogen-bond donors (Lipinski definition) is 2. The van der Waals surface area contributed by atoms with Crippen LogP contribution in [0.25, 0.3) is 0 Å². The van der Waals surface area contributed by atoms with Crippen molar-refractivity contribution in [1.29, 1.82) is 0 Å². The molecule has 6 nitrogen and oxygen atoms in total. The summed E-state index contributed by atoms with van der Waals surface area (Å²) in [5.74, 6) is -1.25. The highest BCUT2D eigenvalue weighted by molar-refractivity contribution is 7.89. The maximum absolute atomic E-state index is 12.4. The number of hydrogen-bond acceptors (Lipinski definition) is 5. The third kappa shape index (κ3) is 3.29. The molecule has 2 rings (SSSR count). The number of aromatic nitrogens is 1. The number of aromatic carboxylic acids is 1. The number of thiophene rings is 1. The molecule has 21 heavy (non-hydrogen) atoms. The summed E-state index contributed by atoms with van der Waals surface area (Å²) in [6.07, 6.45) is 3.14. The van der Waals surface area contributed by atoms with E-state index in [2.05, 4.69) is 9.71 Å². The normalized spacial score (nSPS) is 13.0. The largest absolute Gasteiger partial charge is 0.477 e. The summed E-state index contributed by atoms with van der Waals surface area (Å²) >= 11 is 0.905. The Kier molecular flexibility index (Phi) is 4.40. The molecule has 0 fully saturated rings. The van der Waals surface area contributed by atoms with Gasteiger partial charge in [-0.05, 0) is 42.5 Å². The molecule has 0 unspecified atom stereocenters.